The maximum absolute atomic E-state index is 5.54. The number of fused-ring (bicyclic) bond motifs is 1. The van der Waals surface area contributed by atoms with E-state index in [2.05, 4.69) is 34.6 Å². The van der Waals surface area contributed by atoms with Gasteiger partial charge < -0.3 is 9.73 Å². The number of aromatic nitrogens is 1. The Labute approximate surface area is 121 Å². The highest BCUT2D eigenvalue weighted by atomic mass is 32.1. The average Bonchev–Trinajstić information content (AvgIpc) is 3.17. The number of nitrogens with zero attached hydrogens (tertiary/aromatic N) is 1. The lowest BCUT2D eigenvalue weighted by molar-refractivity contribution is 0.553. The van der Waals surface area contributed by atoms with Crippen molar-refractivity contribution < 1.29 is 4.42 Å². The number of nitrogens with one attached hydrogen (secondary N) is 1. The summed E-state index contributed by atoms with van der Waals surface area (Å²) in [5.74, 6) is 0.896. The van der Waals surface area contributed by atoms with Gasteiger partial charge in [0.1, 0.15) is 5.76 Å². The van der Waals surface area contributed by atoms with E-state index in [1.807, 2.05) is 17.6 Å². The number of hydrogen-bond donors (Lipinski definition) is 1. The van der Waals surface area contributed by atoms with E-state index >= 15 is 0 Å². The van der Waals surface area contributed by atoms with Gasteiger partial charge in [-0.05, 0) is 29.7 Å². The van der Waals surface area contributed by atoms with Crippen molar-refractivity contribution in [3.63, 3.8) is 0 Å². The molecule has 0 fully saturated rings. The highest BCUT2D eigenvalue weighted by molar-refractivity contribution is 7.13. The molecule has 0 radical (unpaired) electrons. The highest BCUT2D eigenvalue weighted by Crippen LogP contribution is 2.36. The molecule has 20 heavy (non-hydrogen) atoms. The molecule has 1 aliphatic heterocycles. The van der Waals surface area contributed by atoms with Crippen LogP contribution in [0.1, 0.15) is 22.9 Å². The fourth-order valence-electron chi connectivity index (χ4n) is 2.80. The molecule has 4 heteroatoms. The van der Waals surface area contributed by atoms with Crippen molar-refractivity contribution in [1.82, 2.24) is 10.3 Å². The van der Waals surface area contributed by atoms with Gasteiger partial charge in [-0.2, -0.15) is 0 Å². The van der Waals surface area contributed by atoms with Crippen LogP contribution in [0, 0.1) is 0 Å². The normalized spacial score (nSPS) is 17.9. The van der Waals surface area contributed by atoms with Crippen LogP contribution < -0.4 is 5.32 Å². The molecule has 1 N–H and O–H groups in total. The van der Waals surface area contributed by atoms with E-state index < -0.39 is 0 Å². The summed E-state index contributed by atoms with van der Waals surface area (Å²) in [7, 11) is 0. The first-order valence-electron chi connectivity index (χ1n) is 6.72. The quantitative estimate of drug-likeness (QED) is 0.780. The van der Waals surface area contributed by atoms with Crippen LogP contribution in [-0.4, -0.2) is 11.5 Å². The van der Waals surface area contributed by atoms with Gasteiger partial charge in [0.15, 0.2) is 0 Å². The molecule has 1 aromatic carbocycles. The number of furan rings is 1. The molecule has 3 aromatic rings. The van der Waals surface area contributed by atoms with Crippen LogP contribution >= 0.6 is 11.3 Å². The van der Waals surface area contributed by atoms with E-state index in [9.17, 15) is 0 Å². The summed E-state index contributed by atoms with van der Waals surface area (Å²) >= 11 is 1.63. The van der Waals surface area contributed by atoms with Gasteiger partial charge in [-0.3, -0.25) is 0 Å². The minimum Gasteiger partial charge on any atom is -0.463 e. The maximum atomic E-state index is 5.54. The number of hydrogen-bond acceptors (Lipinski definition) is 4. The Balaban J connectivity index is 1.82. The number of thiazole rings is 1. The molecule has 0 bridgehead atoms. The molecule has 3 nitrogen and oxygen atoms in total. The van der Waals surface area contributed by atoms with Gasteiger partial charge in [-0.25, -0.2) is 4.98 Å². The van der Waals surface area contributed by atoms with Crippen molar-refractivity contribution in [2.45, 2.75) is 12.5 Å². The average molecular weight is 282 g/mol. The second-order valence-electron chi connectivity index (χ2n) is 4.88. The molecule has 0 saturated carbocycles. The van der Waals surface area contributed by atoms with E-state index in [-0.39, 0.29) is 6.04 Å². The van der Waals surface area contributed by atoms with Crippen molar-refractivity contribution in [3.05, 3.63) is 65.0 Å². The first-order chi connectivity index (χ1) is 9.93. The Morgan fingerprint density at radius 2 is 2.15 bits per heavy atom. The Morgan fingerprint density at radius 1 is 1.20 bits per heavy atom. The van der Waals surface area contributed by atoms with Crippen molar-refractivity contribution in [3.8, 4) is 10.6 Å². The zero-order chi connectivity index (χ0) is 13.4. The molecule has 4 rings (SSSR count). The van der Waals surface area contributed by atoms with Gasteiger partial charge >= 0.3 is 0 Å². The van der Waals surface area contributed by atoms with Crippen molar-refractivity contribution in [1.29, 1.82) is 0 Å². The monoisotopic (exact) mass is 282 g/mol. The Morgan fingerprint density at radius 3 is 3.05 bits per heavy atom. The molecule has 0 spiro atoms. The van der Waals surface area contributed by atoms with Gasteiger partial charge in [0.2, 0.25) is 0 Å². The van der Waals surface area contributed by atoms with Crippen LogP contribution in [0.5, 0.6) is 0 Å². The summed E-state index contributed by atoms with van der Waals surface area (Å²) in [5, 5.41) is 3.58. The van der Waals surface area contributed by atoms with Gasteiger partial charge in [0.25, 0.3) is 0 Å². The zero-order valence-electron chi connectivity index (χ0n) is 10.9. The van der Waals surface area contributed by atoms with Crippen LogP contribution in [0.4, 0.5) is 0 Å². The summed E-state index contributed by atoms with van der Waals surface area (Å²) in [6.07, 6.45) is 2.79. The summed E-state index contributed by atoms with van der Waals surface area (Å²) < 4.78 is 5.54. The van der Waals surface area contributed by atoms with E-state index in [0.717, 1.165) is 29.3 Å². The Bertz CT molecular complexity index is 718. The lowest BCUT2D eigenvalue weighted by Gasteiger charge is -2.26. The van der Waals surface area contributed by atoms with Crippen LogP contribution in [-0.2, 0) is 6.42 Å². The van der Waals surface area contributed by atoms with E-state index in [4.69, 9.17) is 4.42 Å². The fraction of sp³-hybridized carbons (Fsp3) is 0.188. The largest absolute Gasteiger partial charge is 0.463 e. The highest BCUT2D eigenvalue weighted by Gasteiger charge is 2.26. The summed E-state index contributed by atoms with van der Waals surface area (Å²) in [6.45, 7) is 0.983. The number of rotatable bonds is 2. The Kier molecular flexibility index (Phi) is 2.90. The summed E-state index contributed by atoms with van der Waals surface area (Å²) in [5.41, 5.74) is 5.70. The number of benzene rings is 1. The van der Waals surface area contributed by atoms with Crippen molar-refractivity contribution >= 4 is 11.3 Å². The second-order valence-corrected chi connectivity index (χ2v) is 5.73. The first-order valence-corrected chi connectivity index (χ1v) is 7.60. The predicted molar refractivity (Wildman–Crippen MR) is 79.8 cm³/mol. The molecule has 0 amide bonds. The third-order valence-electron chi connectivity index (χ3n) is 3.72. The van der Waals surface area contributed by atoms with E-state index in [1.165, 1.54) is 11.1 Å². The summed E-state index contributed by atoms with van der Waals surface area (Å²) in [6, 6.07) is 12.7. The smallest absolute Gasteiger partial charge is 0.145 e. The lowest BCUT2D eigenvalue weighted by Crippen LogP contribution is -2.31. The first kappa shape index (κ1) is 11.9. The third-order valence-corrected chi connectivity index (χ3v) is 4.58. The van der Waals surface area contributed by atoms with Crippen LogP contribution in [0.3, 0.4) is 0 Å². The molecule has 0 aliphatic carbocycles. The molecular weight excluding hydrogens is 268 g/mol. The predicted octanol–water partition coefficient (Wildman–Crippen LogP) is 3.64. The van der Waals surface area contributed by atoms with Gasteiger partial charge in [0, 0.05) is 6.54 Å². The summed E-state index contributed by atoms with van der Waals surface area (Å²) in [4.78, 5) is 5.71. The molecule has 2 aromatic heterocycles. The van der Waals surface area contributed by atoms with Crippen LogP contribution in [0.2, 0.25) is 0 Å². The molecule has 3 heterocycles. The second kappa shape index (κ2) is 4.89. The van der Waals surface area contributed by atoms with Gasteiger partial charge in [0.05, 0.1) is 28.4 Å². The minimum absolute atomic E-state index is 0.159. The molecule has 0 saturated heterocycles. The zero-order valence-corrected chi connectivity index (χ0v) is 11.7. The fourth-order valence-corrected chi connectivity index (χ4v) is 3.60. The van der Waals surface area contributed by atoms with Gasteiger partial charge in [-0.15, -0.1) is 11.3 Å². The van der Waals surface area contributed by atoms with E-state index in [0.29, 0.717) is 0 Å². The lowest BCUT2D eigenvalue weighted by atomic mass is 9.92. The SMILES string of the molecule is c1coc(-c2scnc2[C@H]2NCCc3ccccc32)c1. The maximum Gasteiger partial charge on any atom is 0.145 e. The molecule has 1 aliphatic rings. The Hall–Kier alpha value is -1.91. The minimum atomic E-state index is 0.159. The van der Waals surface area contributed by atoms with Crippen molar-refractivity contribution in [2.75, 3.05) is 6.54 Å². The topological polar surface area (TPSA) is 38.1 Å². The van der Waals surface area contributed by atoms with Crippen molar-refractivity contribution in [2.24, 2.45) is 0 Å². The third kappa shape index (κ3) is 1.88. The molecule has 1 atom stereocenters. The standard InChI is InChI=1S/C16H14N2OS/c1-2-5-12-11(4-1)7-8-17-14(12)15-16(20-10-18-15)13-6-3-9-19-13/h1-6,9-10,14,17H,7-8H2/t14-/m0/s1. The molecular formula is C16H14N2OS. The molecule has 100 valence electrons. The van der Waals surface area contributed by atoms with Crippen LogP contribution in [0.15, 0.2) is 52.6 Å². The van der Waals surface area contributed by atoms with E-state index in [1.54, 1.807) is 17.6 Å². The molecule has 0 unspecified atom stereocenters. The van der Waals surface area contributed by atoms with Crippen LogP contribution in [0.25, 0.3) is 10.6 Å². The van der Waals surface area contributed by atoms with Gasteiger partial charge in [-0.1, -0.05) is 24.3 Å².